The van der Waals surface area contributed by atoms with Crippen LogP contribution in [0.5, 0.6) is 11.5 Å². The van der Waals surface area contributed by atoms with Crippen LogP contribution in [0.25, 0.3) is 0 Å². The van der Waals surface area contributed by atoms with Gasteiger partial charge in [0.1, 0.15) is 22.6 Å². The fraction of sp³-hybridized carbons (Fsp3) is 0.111. The maximum absolute atomic E-state index is 13.4. The molecular formula is C18H12F6N2O4. The monoisotopic (exact) mass is 434 g/mol. The van der Waals surface area contributed by atoms with Gasteiger partial charge in [-0.2, -0.15) is 26.3 Å². The van der Waals surface area contributed by atoms with Gasteiger partial charge in [0.15, 0.2) is 0 Å². The van der Waals surface area contributed by atoms with E-state index in [1.165, 1.54) is 0 Å². The summed E-state index contributed by atoms with van der Waals surface area (Å²) in [6, 6.07) is 4.43. The predicted octanol–water partition coefficient (Wildman–Crippen LogP) is 4.68. The molecule has 0 saturated carbocycles. The summed E-state index contributed by atoms with van der Waals surface area (Å²) in [5, 5.41) is 10.4. The molecule has 0 aromatic heterocycles. The average Bonchev–Trinajstić information content (AvgIpc) is 2.61. The highest BCUT2D eigenvalue weighted by Crippen LogP contribution is 2.43. The second-order valence-corrected chi connectivity index (χ2v) is 5.72. The lowest BCUT2D eigenvalue weighted by molar-refractivity contribution is -0.139. The van der Waals surface area contributed by atoms with Gasteiger partial charge in [0.25, 0.3) is 0 Å². The minimum absolute atomic E-state index is 0.266. The number of benzene rings is 2. The molecule has 0 aliphatic carbocycles. The van der Waals surface area contributed by atoms with Crippen molar-refractivity contribution in [1.82, 2.24) is 0 Å². The third-order valence-corrected chi connectivity index (χ3v) is 3.46. The molecule has 160 valence electrons. The lowest BCUT2D eigenvalue weighted by Crippen LogP contribution is -2.13. The number of nitrogen functional groups attached to an aromatic ring is 1. The second-order valence-electron chi connectivity index (χ2n) is 5.72. The highest BCUT2D eigenvalue weighted by atomic mass is 19.4. The molecule has 2 rings (SSSR count). The SMILES string of the molecule is Nc1ccc(Oc2ccc(NC(=O)/C=C\C(=O)O)cc2C(F)(F)F)c(C(F)(F)F)c1. The van der Waals surface area contributed by atoms with Crippen molar-refractivity contribution in [3.63, 3.8) is 0 Å². The molecule has 6 nitrogen and oxygen atoms in total. The molecule has 0 saturated heterocycles. The number of nitrogens with one attached hydrogen (secondary N) is 1. The number of hydrogen-bond acceptors (Lipinski definition) is 4. The van der Waals surface area contributed by atoms with E-state index in [2.05, 4.69) is 0 Å². The van der Waals surface area contributed by atoms with E-state index >= 15 is 0 Å². The van der Waals surface area contributed by atoms with Crippen LogP contribution < -0.4 is 15.8 Å². The number of alkyl halides is 6. The van der Waals surface area contributed by atoms with Gasteiger partial charge in [0, 0.05) is 23.5 Å². The number of aliphatic carboxylic acids is 1. The first-order valence-electron chi connectivity index (χ1n) is 7.85. The first kappa shape index (κ1) is 22.6. The number of ether oxygens (including phenoxy) is 1. The Bertz CT molecular complexity index is 999. The number of halogens is 6. The summed E-state index contributed by atoms with van der Waals surface area (Å²) in [5.41, 5.74) is 1.82. The van der Waals surface area contributed by atoms with E-state index < -0.39 is 46.9 Å². The summed E-state index contributed by atoms with van der Waals surface area (Å²) in [6.45, 7) is 0. The molecule has 0 spiro atoms. The zero-order valence-electron chi connectivity index (χ0n) is 14.6. The third-order valence-electron chi connectivity index (χ3n) is 3.46. The summed E-state index contributed by atoms with van der Waals surface area (Å²) in [4.78, 5) is 21.9. The number of nitrogens with two attached hydrogens (primary N) is 1. The first-order chi connectivity index (χ1) is 13.8. The normalized spacial score (nSPS) is 12.1. The Morgan fingerprint density at radius 2 is 1.43 bits per heavy atom. The van der Waals surface area contributed by atoms with Crippen LogP contribution in [0.2, 0.25) is 0 Å². The Morgan fingerprint density at radius 1 is 0.900 bits per heavy atom. The highest BCUT2D eigenvalue weighted by Gasteiger charge is 2.38. The molecule has 0 radical (unpaired) electrons. The minimum atomic E-state index is -5.04. The molecule has 2 aromatic rings. The van der Waals surface area contributed by atoms with E-state index in [0.717, 1.165) is 24.3 Å². The Hall–Kier alpha value is -3.70. The number of carbonyl (C=O) groups excluding carboxylic acids is 1. The fourth-order valence-electron chi connectivity index (χ4n) is 2.23. The van der Waals surface area contributed by atoms with E-state index in [0.29, 0.717) is 24.3 Å². The van der Waals surface area contributed by atoms with Crippen molar-refractivity contribution in [3.05, 3.63) is 59.7 Å². The van der Waals surface area contributed by atoms with Gasteiger partial charge in [-0.15, -0.1) is 0 Å². The summed E-state index contributed by atoms with van der Waals surface area (Å²) >= 11 is 0. The van der Waals surface area contributed by atoms with E-state index in [-0.39, 0.29) is 11.4 Å². The number of hydrogen-bond donors (Lipinski definition) is 3. The largest absolute Gasteiger partial charge is 0.478 e. The predicted molar refractivity (Wildman–Crippen MR) is 92.8 cm³/mol. The van der Waals surface area contributed by atoms with Gasteiger partial charge in [-0.25, -0.2) is 4.79 Å². The van der Waals surface area contributed by atoms with E-state index in [1.807, 2.05) is 5.32 Å². The molecule has 12 heteroatoms. The van der Waals surface area contributed by atoms with Crippen LogP contribution in [-0.4, -0.2) is 17.0 Å². The van der Waals surface area contributed by atoms with Gasteiger partial charge >= 0.3 is 18.3 Å². The van der Waals surface area contributed by atoms with Crippen LogP contribution in [0.1, 0.15) is 11.1 Å². The molecule has 30 heavy (non-hydrogen) atoms. The molecule has 4 N–H and O–H groups in total. The van der Waals surface area contributed by atoms with Gasteiger partial charge in [0.05, 0.1) is 0 Å². The highest BCUT2D eigenvalue weighted by molar-refractivity contribution is 6.02. The van der Waals surface area contributed by atoms with Gasteiger partial charge in [0.2, 0.25) is 5.91 Å². The lowest BCUT2D eigenvalue weighted by Gasteiger charge is -2.18. The fourth-order valence-corrected chi connectivity index (χ4v) is 2.23. The molecule has 0 unspecified atom stereocenters. The number of amides is 1. The molecule has 0 bridgehead atoms. The van der Waals surface area contributed by atoms with Crippen LogP contribution in [0.3, 0.4) is 0 Å². The Kier molecular flexibility index (Phi) is 6.29. The molecule has 0 heterocycles. The minimum Gasteiger partial charge on any atom is -0.478 e. The zero-order chi connectivity index (χ0) is 22.7. The Labute approximate surface area is 164 Å². The molecule has 1 amide bonds. The van der Waals surface area contributed by atoms with Gasteiger partial charge in [-0.1, -0.05) is 0 Å². The van der Waals surface area contributed by atoms with Crippen molar-refractivity contribution in [2.45, 2.75) is 12.4 Å². The van der Waals surface area contributed by atoms with E-state index in [9.17, 15) is 35.9 Å². The van der Waals surface area contributed by atoms with Crippen LogP contribution in [0, 0.1) is 0 Å². The summed E-state index contributed by atoms with van der Waals surface area (Å²) in [7, 11) is 0. The smallest absolute Gasteiger partial charge is 0.420 e. The van der Waals surface area contributed by atoms with Crippen molar-refractivity contribution in [3.8, 4) is 11.5 Å². The number of carboxylic acid groups (broad SMARTS) is 1. The third kappa shape index (κ3) is 5.90. The number of rotatable bonds is 5. The molecule has 2 aromatic carbocycles. The van der Waals surface area contributed by atoms with Crippen molar-refractivity contribution in [2.75, 3.05) is 11.1 Å². The quantitative estimate of drug-likeness (QED) is 0.361. The standard InChI is InChI=1S/C18H12F6N2O4/c19-17(20,21)11-7-9(25)1-3-13(11)30-14-4-2-10(8-12(14)18(22,23)24)26-15(27)5-6-16(28)29/h1-8H,25H2,(H,26,27)(H,28,29)/b6-5-. The average molecular weight is 434 g/mol. The molecular weight excluding hydrogens is 422 g/mol. The first-order valence-corrected chi connectivity index (χ1v) is 7.85. The summed E-state index contributed by atoms with van der Waals surface area (Å²) in [5.74, 6) is -4.33. The van der Waals surface area contributed by atoms with Crippen molar-refractivity contribution in [1.29, 1.82) is 0 Å². The zero-order valence-corrected chi connectivity index (χ0v) is 14.6. The molecule has 0 fully saturated rings. The van der Waals surface area contributed by atoms with Gasteiger partial charge in [-0.3, -0.25) is 4.79 Å². The topological polar surface area (TPSA) is 102 Å². The van der Waals surface area contributed by atoms with Crippen molar-refractivity contribution < 1.29 is 45.8 Å². The Balaban J connectivity index is 2.43. The van der Waals surface area contributed by atoms with Crippen molar-refractivity contribution >= 4 is 23.3 Å². The van der Waals surface area contributed by atoms with Crippen LogP contribution in [0.4, 0.5) is 37.7 Å². The maximum atomic E-state index is 13.4. The lowest BCUT2D eigenvalue weighted by atomic mass is 10.1. The van der Waals surface area contributed by atoms with Gasteiger partial charge in [-0.05, 0) is 36.4 Å². The number of carboxylic acids is 1. The molecule has 0 aliphatic heterocycles. The van der Waals surface area contributed by atoms with Crippen LogP contribution in [0.15, 0.2) is 48.6 Å². The van der Waals surface area contributed by atoms with Crippen LogP contribution >= 0.6 is 0 Å². The Morgan fingerprint density at radius 3 is 1.97 bits per heavy atom. The second kappa shape index (κ2) is 8.35. The summed E-state index contributed by atoms with van der Waals surface area (Å²) in [6.07, 6.45) is -8.94. The number of anilines is 2. The summed E-state index contributed by atoms with van der Waals surface area (Å²) < 4.78 is 84.5. The molecule has 0 atom stereocenters. The number of carbonyl (C=O) groups is 2. The van der Waals surface area contributed by atoms with Crippen molar-refractivity contribution in [2.24, 2.45) is 0 Å². The van der Waals surface area contributed by atoms with Gasteiger partial charge < -0.3 is 20.9 Å². The maximum Gasteiger partial charge on any atom is 0.420 e. The molecule has 0 aliphatic rings. The van der Waals surface area contributed by atoms with E-state index in [1.54, 1.807) is 0 Å². The van der Waals surface area contributed by atoms with Crippen LogP contribution in [-0.2, 0) is 21.9 Å². The van der Waals surface area contributed by atoms with E-state index in [4.69, 9.17) is 15.6 Å².